The lowest BCUT2D eigenvalue weighted by Crippen LogP contribution is -2.13. The van der Waals surface area contributed by atoms with Crippen LogP contribution in [0.5, 0.6) is 0 Å². The van der Waals surface area contributed by atoms with E-state index in [1.807, 2.05) is 0 Å². The van der Waals surface area contributed by atoms with Gasteiger partial charge in [0, 0.05) is 5.56 Å². The molecule has 2 aromatic carbocycles. The summed E-state index contributed by atoms with van der Waals surface area (Å²) in [6.07, 6.45) is -0.864. The van der Waals surface area contributed by atoms with Crippen LogP contribution in [0.2, 0.25) is 10.0 Å². The number of oxime groups is 1. The van der Waals surface area contributed by atoms with E-state index in [2.05, 4.69) is 15.6 Å². The van der Waals surface area contributed by atoms with E-state index in [9.17, 15) is 9.18 Å². The van der Waals surface area contributed by atoms with Crippen LogP contribution in [-0.2, 0) is 4.84 Å². The Morgan fingerprint density at radius 3 is 2.46 bits per heavy atom. The monoisotopic (exact) mass is 421 g/mol. The molecule has 28 heavy (non-hydrogen) atoms. The van der Waals surface area contributed by atoms with E-state index >= 15 is 0 Å². The van der Waals surface area contributed by atoms with Gasteiger partial charge in [0.2, 0.25) is 0 Å². The number of aryl methyl sites for hydroxylation is 1. The number of nitrogens with one attached hydrogen (secondary N) is 1. The Kier molecular flexibility index (Phi) is 5.96. The van der Waals surface area contributed by atoms with E-state index < -0.39 is 6.09 Å². The molecule has 0 aliphatic heterocycles. The molecule has 0 fully saturated rings. The van der Waals surface area contributed by atoms with Gasteiger partial charge in [0.1, 0.15) is 17.2 Å². The second-order valence-corrected chi connectivity index (χ2v) is 6.56. The van der Waals surface area contributed by atoms with Gasteiger partial charge in [-0.1, -0.05) is 51.7 Å². The van der Waals surface area contributed by atoms with Crippen LogP contribution >= 0.6 is 23.2 Å². The second-order valence-electron chi connectivity index (χ2n) is 5.75. The number of hydrogen-bond donors (Lipinski definition) is 1. The van der Waals surface area contributed by atoms with Crippen molar-refractivity contribution in [1.82, 2.24) is 5.16 Å². The van der Waals surface area contributed by atoms with Gasteiger partial charge in [-0.15, -0.1) is 0 Å². The van der Waals surface area contributed by atoms with Gasteiger partial charge >= 0.3 is 6.09 Å². The fourth-order valence-electron chi connectivity index (χ4n) is 2.39. The van der Waals surface area contributed by atoms with Gasteiger partial charge in [0.25, 0.3) is 0 Å². The molecular weight excluding hydrogens is 408 g/mol. The predicted octanol–water partition coefficient (Wildman–Crippen LogP) is 6.07. The van der Waals surface area contributed by atoms with Crippen molar-refractivity contribution in [2.45, 2.75) is 13.8 Å². The Hall–Kier alpha value is -2.90. The number of hydrogen-bond acceptors (Lipinski definition) is 5. The number of amides is 1. The molecule has 1 amide bonds. The van der Waals surface area contributed by atoms with Crippen molar-refractivity contribution < 1.29 is 18.5 Å². The van der Waals surface area contributed by atoms with E-state index in [1.165, 1.54) is 24.3 Å². The molecule has 0 unspecified atom stereocenters. The number of carbonyl (C=O) groups is 1. The molecule has 1 aromatic heterocycles. The zero-order valence-corrected chi connectivity index (χ0v) is 16.3. The zero-order valence-electron chi connectivity index (χ0n) is 14.8. The Morgan fingerprint density at radius 1 is 1.18 bits per heavy atom. The average molecular weight is 422 g/mol. The van der Waals surface area contributed by atoms with Crippen LogP contribution in [0.15, 0.2) is 52.1 Å². The van der Waals surface area contributed by atoms with Gasteiger partial charge in [0.15, 0.2) is 5.76 Å². The molecule has 0 aliphatic rings. The fraction of sp³-hybridized carbons (Fsp3) is 0.105. The van der Waals surface area contributed by atoms with Crippen LogP contribution in [0.3, 0.4) is 0 Å². The van der Waals surface area contributed by atoms with E-state index in [0.717, 1.165) is 0 Å². The van der Waals surface area contributed by atoms with Crippen molar-refractivity contribution in [1.29, 1.82) is 0 Å². The van der Waals surface area contributed by atoms with E-state index in [1.54, 1.807) is 32.0 Å². The third kappa shape index (κ3) is 4.32. The maximum atomic E-state index is 13.0. The largest absolute Gasteiger partial charge is 0.438 e. The average Bonchev–Trinajstić information content (AvgIpc) is 3.01. The van der Waals surface area contributed by atoms with Gasteiger partial charge < -0.3 is 4.52 Å². The molecule has 9 heteroatoms. The minimum absolute atomic E-state index is 0.259. The summed E-state index contributed by atoms with van der Waals surface area (Å²) in [5.74, 6) is -0.0360. The van der Waals surface area contributed by atoms with Crippen LogP contribution in [0, 0.1) is 12.7 Å². The van der Waals surface area contributed by atoms with Gasteiger partial charge in [-0.25, -0.2) is 9.18 Å². The molecule has 0 spiro atoms. The highest BCUT2D eigenvalue weighted by atomic mass is 35.5. The molecule has 0 saturated carbocycles. The maximum Gasteiger partial charge on any atom is 0.438 e. The third-order valence-corrected chi connectivity index (χ3v) is 4.45. The predicted molar refractivity (Wildman–Crippen MR) is 105 cm³/mol. The summed E-state index contributed by atoms with van der Waals surface area (Å²) in [7, 11) is 0. The molecular formula is C19H14Cl2FN3O3. The molecule has 0 aliphatic carbocycles. The van der Waals surface area contributed by atoms with Gasteiger partial charge in [-0.05, 0) is 43.7 Å². The lowest BCUT2D eigenvalue weighted by molar-refractivity contribution is 0.166. The number of rotatable bonds is 4. The molecule has 3 aromatic rings. The summed E-state index contributed by atoms with van der Waals surface area (Å²) in [5.41, 5.74) is 1.95. The number of carbonyl (C=O) groups excluding carboxylic acids is 1. The van der Waals surface area contributed by atoms with Crippen LogP contribution in [-0.4, -0.2) is 17.0 Å². The normalized spacial score (nSPS) is 11.4. The summed E-state index contributed by atoms with van der Waals surface area (Å²) >= 11 is 12.4. The SMILES string of the molecule is CC(=NOC(=O)Nc1c(-c2c(Cl)cccc2Cl)noc1C)c1ccc(F)cc1. The number of anilines is 1. The van der Waals surface area contributed by atoms with Crippen molar-refractivity contribution in [2.24, 2.45) is 5.16 Å². The van der Waals surface area contributed by atoms with Gasteiger partial charge in [0.05, 0.1) is 15.8 Å². The molecule has 3 rings (SSSR count). The van der Waals surface area contributed by atoms with Crippen molar-refractivity contribution >= 4 is 40.7 Å². The lowest BCUT2D eigenvalue weighted by Gasteiger charge is -2.07. The van der Waals surface area contributed by atoms with Crippen LogP contribution in [0.25, 0.3) is 11.3 Å². The number of aromatic nitrogens is 1. The summed E-state index contributed by atoms with van der Waals surface area (Å²) in [5, 5.41) is 10.9. The number of benzene rings is 2. The molecule has 1 N–H and O–H groups in total. The quantitative estimate of drug-likeness (QED) is 0.315. The summed E-state index contributed by atoms with van der Waals surface area (Å²) in [4.78, 5) is 17.0. The first kappa shape index (κ1) is 19.9. The van der Waals surface area contributed by atoms with Crippen molar-refractivity contribution in [3.8, 4) is 11.3 Å². The minimum atomic E-state index is -0.864. The molecule has 0 saturated heterocycles. The molecule has 144 valence electrons. The fourth-order valence-corrected chi connectivity index (χ4v) is 2.97. The molecule has 0 atom stereocenters. The highest BCUT2D eigenvalue weighted by molar-refractivity contribution is 6.39. The molecule has 0 radical (unpaired) electrons. The number of nitrogens with zero attached hydrogens (tertiary/aromatic N) is 2. The lowest BCUT2D eigenvalue weighted by atomic mass is 10.1. The Labute approximate surface area is 169 Å². The first-order valence-corrected chi connectivity index (χ1v) is 8.81. The summed E-state index contributed by atoms with van der Waals surface area (Å²) < 4.78 is 18.1. The molecule has 0 bridgehead atoms. The van der Waals surface area contributed by atoms with Gasteiger partial charge in [-0.3, -0.25) is 10.2 Å². The van der Waals surface area contributed by atoms with Crippen molar-refractivity contribution in [3.63, 3.8) is 0 Å². The zero-order chi connectivity index (χ0) is 20.3. The smallest absolute Gasteiger partial charge is 0.359 e. The minimum Gasteiger partial charge on any atom is -0.359 e. The van der Waals surface area contributed by atoms with Crippen LogP contribution in [0.1, 0.15) is 18.2 Å². The highest BCUT2D eigenvalue weighted by Gasteiger charge is 2.22. The van der Waals surface area contributed by atoms with Crippen molar-refractivity contribution in [2.75, 3.05) is 5.32 Å². The van der Waals surface area contributed by atoms with E-state index in [0.29, 0.717) is 32.6 Å². The summed E-state index contributed by atoms with van der Waals surface area (Å²) in [6.45, 7) is 3.24. The Bertz CT molecular complexity index is 1030. The van der Waals surface area contributed by atoms with Crippen molar-refractivity contribution in [3.05, 3.63) is 69.7 Å². The first-order valence-electron chi connectivity index (χ1n) is 8.06. The summed E-state index contributed by atoms with van der Waals surface area (Å²) in [6, 6.07) is 10.6. The topological polar surface area (TPSA) is 76.7 Å². The van der Waals surface area contributed by atoms with E-state index in [-0.39, 0.29) is 17.2 Å². The molecule has 6 nitrogen and oxygen atoms in total. The van der Waals surface area contributed by atoms with Crippen LogP contribution in [0.4, 0.5) is 14.9 Å². The Morgan fingerprint density at radius 2 is 1.82 bits per heavy atom. The maximum absolute atomic E-state index is 13.0. The highest BCUT2D eigenvalue weighted by Crippen LogP contribution is 2.39. The van der Waals surface area contributed by atoms with Crippen LogP contribution < -0.4 is 5.32 Å². The van der Waals surface area contributed by atoms with E-state index in [4.69, 9.17) is 32.6 Å². The molecule has 1 heterocycles. The second kappa shape index (κ2) is 8.41. The third-order valence-electron chi connectivity index (χ3n) is 3.82. The Balaban J connectivity index is 1.79. The van der Waals surface area contributed by atoms with Gasteiger partial charge in [-0.2, -0.15) is 0 Å². The standard InChI is InChI=1S/C19H14Cl2FN3O3/c1-10(12-6-8-13(22)9-7-12)24-28-19(26)23-17-11(2)27-25-18(17)16-14(20)4-3-5-15(16)21/h3-9H,1-2H3,(H,23,26). The first-order chi connectivity index (χ1) is 13.4. The number of halogens is 3.